The van der Waals surface area contributed by atoms with Gasteiger partial charge in [-0.1, -0.05) is 24.3 Å². The second-order valence-electron chi connectivity index (χ2n) is 9.74. The second-order valence-corrected chi connectivity index (χ2v) is 9.74. The molecule has 0 radical (unpaired) electrons. The Kier molecular flexibility index (Phi) is 6.81. The van der Waals surface area contributed by atoms with Gasteiger partial charge in [0.05, 0.1) is 19.3 Å². The summed E-state index contributed by atoms with van der Waals surface area (Å²) in [5.41, 5.74) is 9.71. The molecule has 2 fully saturated rings. The molecule has 34 heavy (non-hydrogen) atoms. The van der Waals surface area contributed by atoms with E-state index in [2.05, 4.69) is 46.2 Å². The summed E-state index contributed by atoms with van der Waals surface area (Å²) in [6, 6.07) is 14.6. The molecule has 3 aliphatic rings. The molecule has 7 nitrogen and oxygen atoms in total. The van der Waals surface area contributed by atoms with Gasteiger partial charge in [0.15, 0.2) is 11.5 Å². The maximum atomic E-state index is 12.3. The molecule has 2 heterocycles. The smallest absolute Gasteiger partial charge is 0.315 e. The van der Waals surface area contributed by atoms with Crippen molar-refractivity contribution in [2.24, 2.45) is 5.73 Å². The molecule has 1 aliphatic carbocycles. The van der Waals surface area contributed by atoms with Crippen molar-refractivity contribution in [2.75, 3.05) is 44.7 Å². The van der Waals surface area contributed by atoms with Crippen LogP contribution in [-0.4, -0.2) is 67.8 Å². The first kappa shape index (κ1) is 22.8. The number of amides is 2. The number of nitrogens with two attached hydrogens (primary N) is 1. The molecule has 0 bridgehead atoms. The van der Waals surface area contributed by atoms with E-state index < -0.39 is 0 Å². The summed E-state index contributed by atoms with van der Waals surface area (Å²) in [7, 11) is 1.69. The van der Waals surface area contributed by atoms with Crippen LogP contribution in [-0.2, 0) is 13.0 Å². The van der Waals surface area contributed by atoms with E-state index in [1.807, 2.05) is 11.0 Å². The number of piperazine rings is 1. The second kappa shape index (κ2) is 10.1. The van der Waals surface area contributed by atoms with Crippen molar-refractivity contribution in [1.82, 2.24) is 9.80 Å². The topological polar surface area (TPSA) is 71.3 Å². The van der Waals surface area contributed by atoms with Crippen molar-refractivity contribution >= 4 is 11.7 Å². The van der Waals surface area contributed by atoms with E-state index in [4.69, 9.17) is 15.2 Å². The highest BCUT2D eigenvalue weighted by Crippen LogP contribution is 2.35. The fraction of sp³-hybridized carbons (Fsp3) is 0.519. The van der Waals surface area contributed by atoms with Crippen molar-refractivity contribution < 1.29 is 14.3 Å². The van der Waals surface area contributed by atoms with Gasteiger partial charge in [0.2, 0.25) is 0 Å². The van der Waals surface area contributed by atoms with Gasteiger partial charge in [-0.15, -0.1) is 0 Å². The molecule has 1 atom stereocenters. The van der Waals surface area contributed by atoms with E-state index in [9.17, 15) is 4.79 Å². The summed E-state index contributed by atoms with van der Waals surface area (Å²) in [6.07, 6.45) is 5.97. The number of methoxy groups -OCH3 is 1. The summed E-state index contributed by atoms with van der Waals surface area (Å²) in [5, 5.41) is 0. The highest BCUT2D eigenvalue weighted by molar-refractivity contribution is 5.73. The molecular weight excluding hydrogens is 428 g/mol. The summed E-state index contributed by atoms with van der Waals surface area (Å²) in [6.45, 7) is 4.85. The van der Waals surface area contributed by atoms with Crippen molar-refractivity contribution in [3.63, 3.8) is 0 Å². The first-order chi connectivity index (χ1) is 16.6. The molecule has 1 saturated carbocycles. The Balaban J connectivity index is 1.31. The van der Waals surface area contributed by atoms with Gasteiger partial charge >= 0.3 is 6.03 Å². The third-order valence-electron chi connectivity index (χ3n) is 7.55. The van der Waals surface area contributed by atoms with Gasteiger partial charge in [0.1, 0.15) is 0 Å². The third kappa shape index (κ3) is 4.94. The van der Waals surface area contributed by atoms with E-state index >= 15 is 0 Å². The normalized spacial score (nSPS) is 21.4. The molecule has 1 saturated heterocycles. The number of hydrogen-bond acceptors (Lipinski definition) is 5. The molecule has 7 heteroatoms. The lowest BCUT2D eigenvalue weighted by Gasteiger charge is -2.44. The molecule has 0 aromatic heterocycles. The first-order valence-electron chi connectivity index (χ1n) is 12.6. The Morgan fingerprint density at radius 3 is 2.59 bits per heavy atom. The number of anilines is 1. The van der Waals surface area contributed by atoms with E-state index in [1.54, 1.807) is 7.11 Å². The molecule has 0 spiro atoms. The molecule has 2 amide bonds. The fourth-order valence-electron chi connectivity index (χ4n) is 5.68. The maximum absolute atomic E-state index is 12.3. The molecule has 5 rings (SSSR count). The lowest BCUT2D eigenvalue weighted by Crippen LogP contribution is -2.60. The summed E-state index contributed by atoms with van der Waals surface area (Å²) >= 11 is 0. The lowest BCUT2D eigenvalue weighted by atomic mass is 9.99. The zero-order chi connectivity index (χ0) is 23.5. The van der Waals surface area contributed by atoms with Crippen LogP contribution in [0.3, 0.4) is 0 Å². The standard InChI is InChI=1S/C27H36N4O3/c1-33-25-11-10-22(16-26(25)34-24-8-4-5-9-24)30-14-15-31(27(28)32)23(19-30)18-29-13-12-20-6-2-3-7-21(20)17-29/h2-3,6-7,10-11,16,23-24H,4-5,8-9,12-15,17-19H2,1H3,(H2,28,32). The number of carbonyl (C=O) groups excluding carboxylic acids is 1. The van der Waals surface area contributed by atoms with Crippen LogP contribution in [0.4, 0.5) is 10.5 Å². The van der Waals surface area contributed by atoms with Gasteiger partial charge in [-0.05, 0) is 55.4 Å². The molecule has 2 aromatic carbocycles. The van der Waals surface area contributed by atoms with Gasteiger partial charge in [-0.3, -0.25) is 4.90 Å². The number of nitrogens with zero attached hydrogens (tertiary/aromatic N) is 3. The van der Waals surface area contributed by atoms with Crippen LogP contribution in [0.15, 0.2) is 42.5 Å². The average molecular weight is 465 g/mol. The Morgan fingerprint density at radius 1 is 1.03 bits per heavy atom. The first-order valence-corrected chi connectivity index (χ1v) is 12.6. The summed E-state index contributed by atoms with van der Waals surface area (Å²) in [5.74, 6) is 1.59. The van der Waals surface area contributed by atoms with Crippen molar-refractivity contribution in [3.8, 4) is 11.5 Å². The highest BCUT2D eigenvalue weighted by Gasteiger charge is 2.32. The minimum absolute atomic E-state index is 0.0396. The number of primary amides is 1. The largest absolute Gasteiger partial charge is 0.493 e. The average Bonchev–Trinajstić information content (AvgIpc) is 3.37. The van der Waals surface area contributed by atoms with Crippen LogP contribution in [0.25, 0.3) is 0 Å². The number of hydrogen-bond donors (Lipinski definition) is 1. The van der Waals surface area contributed by atoms with Gasteiger partial charge in [0, 0.05) is 51.0 Å². The third-order valence-corrected chi connectivity index (χ3v) is 7.55. The number of ether oxygens (including phenoxy) is 2. The van der Waals surface area contributed by atoms with Crippen LogP contribution in [0.2, 0.25) is 0 Å². The lowest BCUT2D eigenvalue weighted by molar-refractivity contribution is 0.135. The molecule has 182 valence electrons. The highest BCUT2D eigenvalue weighted by atomic mass is 16.5. The zero-order valence-electron chi connectivity index (χ0n) is 20.1. The van der Waals surface area contributed by atoms with Crippen molar-refractivity contribution in [3.05, 3.63) is 53.6 Å². The number of fused-ring (bicyclic) bond motifs is 1. The van der Waals surface area contributed by atoms with E-state index in [0.29, 0.717) is 6.54 Å². The number of rotatable bonds is 6. The fourth-order valence-corrected chi connectivity index (χ4v) is 5.68. The molecular formula is C27H36N4O3. The van der Waals surface area contributed by atoms with E-state index in [0.717, 1.165) is 69.2 Å². The molecule has 2 N–H and O–H groups in total. The number of carbonyl (C=O) groups is 1. The Hall–Kier alpha value is -2.93. The summed E-state index contributed by atoms with van der Waals surface area (Å²) < 4.78 is 11.9. The Morgan fingerprint density at radius 2 is 1.82 bits per heavy atom. The van der Waals surface area contributed by atoms with Crippen LogP contribution in [0.5, 0.6) is 11.5 Å². The van der Waals surface area contributed by atoms with Crippen LogP contribution in [0.1, 0.15) is 36.8 Å². The number of benzene rings is 2. The van der Waals surface area contributed by atoms with Crippen LogP contribution in [0, 0.1) is 0 Å². The van der Waals surface area contributed by atoms with Gasteiger partial charge in [0.25, 0.3) is 0 Å². The zero-order valence-corrected chi connectivity index (χ0v) is 20.1. The van der Waals surface area contributed by atoms with Crippen molar-refractivity contribution in [1.29, 1.82) is 0 Å². The van der Waals surface area contributed by atoms with Gasteiger partial charge in [-0.2, -0.15) is 0 Å². The Bertz CT molecular complexity index is 1010. The molecule has 2 aliphatic heterocycles. The van der Waals surface area contributed by atoms with Gasteiger partial charge in [-0.25, -0.2) is 4.79 Å². The molecule has 2 aromatic rings. The maximum Gasteiger partial charge on any atom is 0.315 e. The quantitative estimate of drug-likeness (QED) is 0.707. The monoisotopic (exact) mass is 464 g/mol. The van der Waals surface area contributed by atoms with Crippen LogP contribution < -0.4 is 20.1 Å². The predicted octanol–water partition coefficient (Wildman–Crippen LogP) is 3.64. The Labute approximate surface area is 202 Å². The van der Waals surface area contributed by atoms with Crippen LogP contribution >= 0.6 is 0 Å². The molecule has 1 unspecified atom stereocenters. The predicted molar refractivity (Wildman–Crippen MR) is 134 cm³/mol. The van der Waals surface area contributed by atoms with Gasteiger partial charge < -0.3 is 25.0 Å². The minimum Gasteiger partial charge on any atom is -0.493 e. The van der Waals surface area contributed by atoms with Crippen molar-refractivity contribution in [2.45, 2.75) is 50.8 Å². The van der Waals surface area contributed by atoms with E-state index in [-0.39, 0.29) is 18.2 Å². The number of urea groups is 1. The SMILES string of the molecule is COc1ccc(N2CCN(C(N)=O)C(CN3CCc4ccccc4C3)C2)cc1OC1CCCC1. The van der Waals surface area contributed by atoms with E-state index in [1.165, 1.54) is 24.0 Å². The minimum atomic E-state index is -0.331. The summed E-state index contributed by atoms with van der Waals surface area (Å²) in [4.78, 5) is 18.9.